The number of likely N-dealkylation sites (tertiary alicyclic amines) is 1. The van der Waals surface area contributed by atoms with E-state index in [2.05, 4.69) is 11.8 Å². The molecular weight excluding hydrogens is 250 g/mol. The van der Waals surface area contributed by atoms with Crippen LogP contribution in [0.15, 0.2) is 12.1 Å². The molecule has 0 atom stereocenters. The Kier molecular flexibility index (Phi) is 4.37. The van der Waals surface area contributed by atoms with Gasteiger partial charge < -0.3 is 15.1 Å². The second kappa shape index (κ2) is 6.01. The van der Waals surface area contributed by atoms with Crippen LogP contribution in [0.5, 0.6) is 0 Å². The highest BCUT2D eigenvalue weighted by Gasteiger charge is 2.23. The van der Waals surface area contributed by atoms with Crippen molar-refractivity contribution in [3.05, 3.63) is 21.9 Å². The van der Waals surface area contributed by atoms with E-state index in [0.717, 1.165) is 4.88 Å². The molecule has 1 amide bonds. The van der Waals surface area contributed by atoms with E-state index in [1.54, 1.807) is 17.0 Å². The Labute approximate surface area is 110 Å². The van der Waals surface area contributed by atoms with Crippen molar-refractivity contribution in [3.8, 4) is 11.8 Å². The van der Waals surface area contributed by atoms with Crippen molar-refractivity contribution in [1.82, 2.24) is 4.90 Å². The Hall–Kier alpha value is -1.35. The van der Waals surface area contributed by atoms with Gasteiger partial charge in [-0.15, -0.1) is 11.3 Å². The zero-order chi connectivity index (χ0) is 13.0. The molecule has 2 heterocycles. The number of carbonyl (C=O) groups is 1. The number of nitrogens with zero attached hydrogens (tertiary/aromatic N) is 1. The van der Waals surface area contributed by atoms with Crippen molar-refractivity contribution < 1.29 is 15.0 Å². The lowest BCUT2D eigenvalue weighted by Crippen LogP contribution is -2.39. The smallest absolute Gasteiger partial charge is 0.263 e. The van der Waals surface area contributed by atoms with E-state index >= 15 is 0 Å². The van der Waals surface area contributed by atoms with E-state index < -0.39 is 0 Å². The number of amides is 1. The summed E-state index contributed by atoms with van der Waals surface area (Å²) >= 11 is 1.34. The van der Waals surface area contributed by atoms with Crippen molar-refractivity contribution in [2.24, 2.45) is 0 Å². The van der Waals surface area contributed by atoms with E-state index in [9.17, 15) is 9.90 Å². The molecule has 1 aliphatic rings. The van der Waals surface area contributed by atoms with Gasteiger partial charge in [0.05, 0.1) is 15.9 Å². The van der Waals surface area contributed by atoms with E-state index in [-0.39, 0.29) is 18.6 Å². The minimum atomic E-state index is -0.275. The fourth-order valence-electron chi connectivity index (χ4n) is 1.87. The van der Waals surface area contributed by atoms with Crippen LogP contribution in [0.3, 0.4) is 0 Å². The molecule has 0 saturated carbocycles. The van der Waals surface area contributed by atoms with Crippen LogP contribution in [0, 0.1) is 11.8 Å². The zero-order valence-corrected chi connectivity index (χ0v) is 10.7. The molecule has 4 nitrogen and oxygen atoms in total. The van der Waals surface area contributed by atoms with Crippen LogP contribution in [-0.2, 0) is 0 Å². The average molecular weight is 265 g/mol. The van der Waals surface area contributed by atoms with Crippen molar-refractivity contribution in [3.63, 3.8) is 0 Å². The SMILES string of the molecule is O=C(c1ccc(C#CCO)s1)N1CCC(O)CC1. The summed E-state index contributed by atoms with van der Waals surface area (Å²) in [7, 11) is 0. The summed E-state index contributed by atoms with van der Waals surface area (Å²) in [5.41, 5.74) is 0. The normalized spacial score (nSPS) is 16.2. The number of hydrogen-bond acceptors (Lipinski definition) is 4. The second-order valence-electron chi connectivity index (χ2n) is 4.15. The van der Waals surface area contributed by atoms with E-state index in [0.29, 0.717) is 30.8 Å². The summed E-state index contributed by atoms with van der Waals surface area (Å²) in [4.78, 5) is 15.4. The highest BCUT2D eigenvalue weighted by molar-refractivity contribution is 7.14. The van der Waals surface area contributed by atoms with Gasteiger partial charge >= 0.3 is 0 Å². The van der Waals surface area contributed by atoms with Gasteiger partial charge in [-0.2, -0.15) is 0 Å². The molecule has 0 spiro atoms. The molecule has 1 aromatic heterocycles. The molecule has 0 unspecified atom stereocenters. The molecule has 18 heavy (non-hydrogen) atoms. The van der Waals surface area contributed by atoms with E-state index in [1.165, 1.54) is 11.3 Å². The first-order valence-corrected chi connectivity index (χ1v) is 6.69. The summed E-state index contributed by atoms with van der Waals surface area (Å²) in [5.74, 6) is 5.35. The maximum atomic E-state index is 12.2. The van der Waals surface area contributed by atoms with Crippen LogP contribution in [0.25, 0.3) is 0 Å². The van der Waals surface area contributed by atoms with Crippen LogP contribution in [0.1, 0.15) is 27.4 Å². The van der Waals surface area contributed by atoms with Gasteiger partial charge in [0.25, 0.3) is 5.91 Å². The third-order valence-electron chi connectivity index (χ3n) is 2.86. The number of hydrogen-bond donors (Lipinski definition) is 2. The van der Waals surface area contributed by atoms with Gasteiger partial charge in [0, 0.05) is 13.1 Å². The largest absolute Gasteiger partial charge is 0.393 e. The lowest BCUT2D eigenvalue weighted by Gasteiger charge is -2.29. The van der Waals surface area contributed by atoms with E-state index in [4.69, 9.17) is 5.11 Å². The lowest BCUT2D eigenvalue weighted by molar-refractivity contribution is 0.0550. The van der Waals surface area contributed by atoms with Gasteiger partial charge in [0.2, 0.25) is 0 Å². The number of thiophene rings is 1. The predicted octanol–water partition coefficient (Wildman–Crippen LogP) is 0.689. The lowest BCUT2D eigenvalue weighted by atomic mass is 10.1. The van der Waals surface area contributed by atoms with Gasteiger partial charge in [-0.1, -0.05) is 11.8 Å². The van der Waals surface area contributed by atoms with Crippen LogP contribution < -0.4 is 0 Å². The summed E-state index contributed by atoms with van der Waals surface area (Å²) in [6.45, 7) is 1.04. The molecular formula is C13H15NO3S. The highest BCUT2D eigenvalue weighted by Crippen LogP contribution is 2.20. The molecule has 2 rings (SSSR count). The molecule has 1 aliphatic heterocycles. The fraction of sp³-hybridized carbons (Fsp3) is 0.462. The Balaban J connectivity index is 2.02. The molecule has 96 valence electrons. The van der Waals surface area contributed by atoms with Gasteiger partial charge in [-0.25, -0.2) is 0 Å². The Morgan fingerprint density at radius 2 is 2.17 bits per heavy atom. The first kappa shape index (κ1) is 13.1. The average Bonchev–Trinajstić information content (AvgIpc) is 2.85. The summed E-state index contributed by atoms with van der Waals surface area (Å²) in [5, 5.41) is 18.0. The van der Waals surface area contributed by atoms with Crippen molar-refractivity contribution in [2.45, 2.75) is 18.9 Å². The summed E-state index contributed by atoms with van der Waals surface area (Å²) in [6.07, 6.45) is 1.02. The number of rotatable bonds is 1. The highest BCUT2D eigenvalue weighted by atomic mass is 32.1. The number of aliphatic hydroxyl groups is 2. The van der Waals surface area contributed by atoms with Crippen LogP contribution in [-0.4, -0.2) is 46.8 Å². The molecule has 2 N–H and O–H groups in total. The van der Waals surface area contributed by atoms with Crippen LogP contribution in [0.2, 0.25) is 0 Å². The van der Waals surface area contributed by atoms with Crippen molar-refractivity contribution in [1.29, 1.82) is 0 Å². The Morgan fingerprint density at radius 1 is 1.44 bits per heavy atom. The summed E-state index contributed by atoms with van der Waals surface area (Å²) < 4.78 is 0. The molecule has 0 aliphatic carbocycles. The van der Waals surface area contributed by atoms with Crippen LogP contribution >= 0.6 is 11.3 Å². The third-order valence-corrected chi connectivity index (χ3v) is 3.85. The minimum Gasteiger partial charge on any atom is -0.393 e. The first-order valence-electron chi connectivity index (χ1n) is 5.87. The summed E-state index contributed by atoms with van der Waals surface area (Å²) in [6, 6.07) is 3.55. The maximum Gasteiger partial charge on any atom is 0.263 e. The standard InChI is InChI=1S/C13H15NO3S/c15-9-1-2-11-3-4-12(18-11)13(17)14-7-5-10(16)6-8-14/h3-4,10,15-16H,5-9H2. The minimum absolute atomic E-state index is 0.00366. The number of carbonyl (C=O) groups excluding carboxylic acids is 1. The van der Waals surface area contributed by atoms with Gasteiger partial charge in [-0.3, -0.25) is 4.79 Å². The Morgan fingerprint density at radius 3 is 2.83 bits per heavy atom. The monoisotopic (exact) mass is 265 g/mol. The van der Waals surface area contributed by atoms with Gasteiger partial charge in [-0.05, 0) is 25.0 Å². The maximum absolute atomic E-state index is 12.2. The van der Waals surface area contributed by atoms with Gasteiger partial charge in [0.1, 0.15) is 6.61 Å². The number of piperidine rings is 1. The Bertz CT molecular complexity index is 478. The predicted molar refractivity (Wildman–Crippen MR) is 69.4 cm³/mol. The van der Waals surface area contributed by atoms with Crippen molar-refractivity contribution >= 4 is 17.2 Å². The molecule has 0 radical (unpaired) electrons. The molecule has 1 fully saturated rings. The second-order valence-corrected chi connectivity index (χ2v) is 5.23. The molecule has 0 aromatic carbocycles. The third kappa shape index (κ3) is 3.10. The molecule has 1 saturated heterocycles. The molecule has 1 aromatic rings. The van der Waals surface area contributed by atoms with Crippen molar-refractivity contribution in [2.75, 3.05) is 19.7 Å². The van der Waals surface area contributed by atoms with E-state index in [1.807, 2.05) is 0 Å². The first-order chi connectivity index (χ1) is 8.70. The molecule has 0 bridgehead atoms. The number of aliphatic hydroxyl groups excluding tert-OH is 2. The zero-order valence-electron chi connectivity index (χ0n) is 9.93. The van der Waals surface area contributed by atoms with Gasteiger partial charge in [0.15, 0.2) is 0 Å². The fourth-order valence-corrected chi connectivity index (χ4v) is 2.72. The van der Waals surface area contributed by atoms with Crippen LogP contribution in [0.4, 0.5) is 0 Å². The molecule has 5 heteroatoms. The quantitative estimate of drug-likeness (QED) is 0.734. The topological polar surface area (TPSA) is 60.8 Å².